The van der Waals surface area contributed by atoms with Gasteiger partial charge < -0.3 is 4.74 Å². The average Bonchev–Trinajstić information content (AvgIpc) is 2.28. The number of hydrogen-bond donors (Lipinski definition) is 0. The summed E-state index contributed by atoms with van der Waals surface area (Å²) in [4.78, 5) is 12.1. The van der Waals surface area contributed by atoms with E-state index < -0.39 is 0 Å². The minimum atomic E-state index is 0.213. The van der Waals surface area contributed by atoms with E-state index in [0.29, 0.717) is 18.9 Å². The van der Waals surface area contributed by atoms with Gasteiger partial charge in [0.2, 0.25) is 0 Å². The van der Waals surface area contributed by atoms with Crippen LogP contribution in [0, 0.1) is 11.8 Å². The normalized spacial score (nSPS) is 12.7. The van der Waals surface area contributed by atoms with Gasteiger partial charge in [-0.2, -0.15) is 0 Å². The third kappa shape index (κ3) is 5.01. The van der Waals surface area contributed by atoms with E-state index in [9.17, 15) is 4.79 Å². The first-order chi connectivity index (χ1) is 8.52. The summed E-state index contributed by atoms with van der Waals surface area (Å²) < 4.78 is 5.06. The van der Waals surface area contributed by atoms with Crippen LogP contribution in [0.1, 0.15) is 43.1 Å². The predicted molar refractivity (Wildman–Crippen MR) is 75.0 cm³/mol. The van der Waals surface area contributed by atoms with Gasteiger partial charge >= 0.3 is 0 Å². The van der Waals surface area contributed by atoms with Gasteiger partial charge in [0.05, 0.1) is 0 Å². The summed E-state index contributed by atoms with van der Waals surface area (Å²) in [6.07, 6.45) is 1.58. The van der Waals surface area contributed by atoms with Gasteiger partial charge in [0.15, 0.2) is 5.78 Å². The number of methoxy groups -OCH3 is 1. The molecule has 0 fully saturated rings. The molecule has 0 N–H and O–H groups in total. The summed E-state index contributed by atoms with van der Waals surface area (Å²) in [6, 6.07) is 8.01. The average molecular weight is 248 g/mol. The van der Waals surface area contributed by atoms with Crippen molar-refractivity contribution in [2.75, 3.05) is 13.7 Å². The van der Waals surface area contributed by atoms with Crippen molar-refractivity contribution in [1.82, 2.24) is 0 Å². The number of ether oxygens (including phenoxy) is 1. The maximum absolute atomic E-state index is 12.1. The zero-order valence-electron chi connectivity index (χ0n) is 11.9. The molecular formula is C16H24O2. The van der Waals surface area contributed by atoms with Gasteiger partial charge in [0.1, 0.15) is 0 Å². The number of ketones is 1. The first-order valence-corrected chi connectivity index (χ1v) is 6.64. The second-order valence-electron chi connectivity index (χ2n) is 5.49. The third-order valence-corrected chi connectivity index (χ3v) is 2.88. The molecule has 0 saturated carbocycles. The van der Waals surface area contributed by atoms with Crippen LogP contribution in [0.4, 0.5) is 0 Å². The molecule has 1 aromatic carbocycles. The topological polar surface area (TPSA) is 26.3 Å². The number of benzene rings is 1. The maximum Gasteiger partial charge on any atom is 0.163 e. The Kier molecular flexibility index (Phi) is 6.06. The molecule has 1 aromatic rings. The summed E-state index contributed by atoms with van der Waals surface area (Å²) >= 11 is 0. The third-order valence-electron chi connectivity index (χ3n) is 2.88. The van der Waals surface area contributed by atoms with Crippen molar-refractivity contribution in [2.45, 2.75) is 33.6 Å². The molecule has 0 amide bonds. The Bertz CT molecular complexity index is 382. The van der Waals surface area contributed by atoms with E-state index in [0.717, 1.165) is 12.0 Å². The quantitative estimate of drug-likeness (QED) is 0.687. The first-order valence-electron chi connectivity index (χ1n) is 6.64. The monoisotopic (exact) mass is 248 g/mol. The van der Waals surface area contributed by atoms with E-state index in [1.807, 2.05) is 25.1 Å². The number of Topliss-reactive ketones (excluding diaryl/α,β-unsaturated/α-hetero) is 1. The van der Waals surface area contributed by atoms with Crippen LogP contribution < -0.4 is 0 Å². The van der Waals surface area contributed by atoms with Gasteiger partial charge in [-0.15, -0.1) is 0 Å². The molecule has 2 nitrogen and oxygen atoms in total. The zero-order valence-corrected chi connectivity index (χ0v) is 11.9. The van der Waals surface area contributed by atoms with Crippen molar-refractivity contribution in [3.63, 3.8) is 0 Å². The van der Waals surface area contributed by atoms with Crippen molar-refractivity contribution >= 4 is 5.78 Å². The highest BCUT2D eigenvalue weighted by atomic mass is 16.5. The van der Waals surface area contributed by atoms with E-state index in [4.69, 9.17) is 4.74 Å². The van der Waals surface area contributed by atoms with E-state index in [2.05, 4.69) is 19.9 Å². The fraction of sp³-hybridized carbons (Fsp3) is 0.562. The molecule has 0 heterocycles. The second-order valence-corrected chi connectivity index (χ2v) is 5.49. The lowest BCUT2D eigenvalue weighted by Gasteiger charge is -2.10. The lowest BCUT2D eigenvalue weighted by atomic mass is 9.96. The number of hydrogen-bond acceptors (Lipinski definition) is 2. The molecule has 1 rings (SSSR count). The van der Waals surface area contributed by atoms with Crippen molar-refractivity contribution in [1.29, 1.82) is 0 Å². The molecule has 0 spiro atoms. The highest BCUT2D eigenvalue weighted by Gasteiger charge is 2.11. The molecule has 0 aromatic heterocycles. The predicted octanol–water partition coefficient (Wildman–Crippen LogP) is 3.74. The van der Waals surface area contributed by atoms with Crippen molar-refractivity contribution in [3.8, 4) is 0 Å². The molecule has 0 aliphatic carbocycles. The van der Waals surface area contributed by atoms with Gasteiger partial charge in [-0.25, -0.2) is 0 Å². The summed E-state index contributed by atoms with van der Waals surface area (Å²) in [5.41, 5.74) is 2.08. The summed E-state index contributed by atoms with van der Waals surface area (Å²) in [7, 11) is 1.67. The molecule has 0 bridgehead atoms. The van der Waals surface area contributed by atoms with Gasteiger partial charge in [0, 0.05) is 25.7 Å². The SMILES string of the molecule is COCC(C)CC(=O)c1cccc(CC(C)C)c1. The largest absolute Gasteiger partial charge is 0.384 e. The highest BCUT2D eigenvalue weighted by molar-refractivity contribution is 5.96. The standard InChI is InChI=1S/C16H24O2/c1-12(2)8-14-6-5-7-15(10-14)16(17)9-13(3)11-18-4/h5-7,10,12-13H,8-9,11H2,1-4H3. The Hall–Kier alpha value is -1.15. The fourth-order valence-corrected chi connectivity index (χ4v) is 2.12. The second kappa shape index (κ2) is 7.32. The maximum atomic E-state index is 12.1. The number of carbonyl (C=O) groups excluding carboxylic acids is 1. The van der Waals surface area contributed by atoms with Gasteiger partial charge in [0.25, 0.3) is 0 Å². The molecule has 0 aliphatic rings. The lowest BCUT2D eigenvalue weighted by molar-refractivity contribution is 0.0920. The highest BCUT2D eigenvalue weighted by Crippen LogP contribution is 2.14. The molecule has 2 heteroatoms. The van der Waals surface area contributed by atoms with Crippen LogP contribution in [0.2, 0.25) is 0 Å². The Morgan fingerprint density at radius 3 is 2.61 bits per heavy atom. The summed E-state index contributed by atoms with van der Waals surface area (Å²) in [5.74, 6) is 1.10. The Labute approximate surface area is 110 Å². The van der Waals surface area contributed by atoms with Gasteiger partial charge in [-0.05, 0) is 29.9 Å². The van der Waals surface area contributed by atoms with Crippen LogP contribution in [0.15, 0.2) is 24.3 Å². The first kappa shape index (κ1) is 14.9. The Morgan fingerprint density at radius 1 is 1.28 bits per heavy atom. The van der Waals surface area contributed by atoms with Crippen LogP contribution in [0.3, 0.4) is 0 Å². The Morgan fingerprint density at radius 2 is 2.00 bits per heavy atom. The molecule has 1 atom stereocenters. The zero-order chi connectivity index (χ0) is 13.5. The summed E-state index contributed by atoms with van der Waals surface area (Å²) in [6.45, 7) is 7.06. The summed E-state index contributed by atoms with van der Waals surface area (Å²) in [5, 5.41) is 0. The van der Waals surface area contributed by atoms with Crippen LogP contribution >= 0.6 is 0 Å². The van der Waals surface area contributed by atoms with Crippen molar-refractivity contribution < 1.29 is 9.53 Å². The minimum Gasteiger partial charge on any atom is -0.384 e. The van der Waals surface area contributed by atoms with Crippen molar-refractivity contribution in [2.24, 2.45) is 11.8 Å². The number of rotatable bonds is 7. The van der Waals surface area contributed by atoms with E-state index >= 15 is 0 Å². The minimum absolute atomic E-state index is 0.213. The number of carbonyl (C=O) groups is 1. The fourth-order valence-electron chi connectivity index (χ4n) is 2.12. The molecule has 0 saturated heterocycles. The van der Waals surface area contributed by atoms with Crippen LogP contribution in [-0.4, -0.2) is 19.5 Å². The van der Waals surface area contributed by atoms with Crippen LogP contribution in [0.5, 0.6) is 0 Å². The van der Waals surface area contributed by atoms with E-state index in [1.165, 1.54) is 5.56 Å². The van der Waals surface area contributed by atoms with Crippen LogP contribution in [0.25, 0.3) is 0 Å². The Balaban J connectivity index is 2.68. The molecular weight excluding hydrogens is 224 g/mol. The van der Waals surface area contributed by atoms with E-state index in [1.54, 1.807) is 7.11 Å². The molecule has 18 heavy (non-hydrogen) atoms. The smallest absolute Gasteiger partial charge is 0.163 e. The van der Waals surface area contributed by atoms with Crippen molar-refractivity contribution in [3.05, 3.63) is 35.4 Å². The molecule has 0 aliphatic heterocycles. The van der Waals surface area contributed by atoms with Gasteiger partial charge in [-0.1, -0.05) is 39.0 Å². The molecule has 0 radical (unpaired) electrons. The van der Waals surface area contributed by atoms with E-state index in [-0.39, 0.29) is 11.7 Å². The van der Waals surface area contributed by atoms with Crippen LogP contribution in [-0.2, 0) is 11.2 Å². The van der Waals surface area contributed by atoms with Gasteiger partial charge in [-0.3, -0.25) is 4.79 Å². The molecule has 1 unspecified atom stereocenters. The lowest BCUT2D eigenvalue weighted by Crippen LogP contribution is -2.11. The molecule has 100 valence electrons.